The Bertz CT molecular complexity index is 157. The highest BCUT2D eigenvalue weighted by molar-refractivity contribution is 5.55. The first kappa shape index (κ1) is 12.1. The van der Waals surface area contributed by atoms with E-state index in [0.717, 1.165) is 13.2 Å². The van der Waals surface area contributed by atoms with Gasteiger partial charge in [0.05, 0.1) is 12.9 Å². The zero-order chi connectivity index (χ0) is 9.94. The van der Waals surface area contributed by atoms with E-state index >= 15 is 0 Å². The van der Waals surface area contributed by atoms with Crippen molar-refractivity contribution in [2.45, 2.75) is 13.0 Å². The Morgan fingerprint density at radius 3 is 2.92 bits per heavy atom. The summed E-state index contributed by atoms with van der Waals surface area (Å²) in [6, 6.07) is 0.341. The standard InChI is InChI=1S/C9H19N3O/c1-9(12-6-7-13-3)4-5-11-8-10-2/h4-5,8-9,12H,6-7H2,1-3H3,(H,10,11)/b5-4+. The van der Waals surface area contributed by atoms with Crippen molar-refractivity contribution in [1.29, 1.82) is 0 Å². The van der Waals surface area contributed by atoms with Gasteiger partial charge < -0.3 is 15.4 Å². The Balaban J connectivity index is 3.37. The summed E-state index contributed by atoms with van der Waals surface area (Å²) >= 11 is 0. The molecule has 4 heteroatoms. The molecule has 0 rings (SSSR count). The van der Waals surface area contributed by atoms with E-state index < -0.39 is 0 Å². The van der Waals surface area contributed by atoms with Gasteiger partial charge in [-0.05, 0) is 13.1 Å². The van der Waals surface area contributed by atoms with Gasteiger partial charge in [0, 0.05) is 26.7 Å². The third-order valence-electron chi connectivity index (χ3n) is 1.46. The maximum absolute atomic E-state index is 4.91. The fraction of sp³-hybridized carbons (Fsp3) is 0.667. The number of aliphatic imine (C=N–C) groups is 1. The van der Waals surface area contributed by atoms with Crippen LogP contribution in [0.3, 0.4) is 0 Å². The summed E-state index contributed by atoms with van der Waals surface area (Å²) in [5, 5.41) is 6.18. The lowest BCUT2D eigenvalue weighted by atomic mass is 10.3. The second-order valence-corrected chi connectivity index (χ2v) is 2.65. The Morgan fingerprint density at radius 2 is 2.31 bits per heavy atom. The van der Waals surface area contributed by atoms with Gasteiger partial charge >= 0.3 is 0 Å². The molecule has 13 heavy (non-hydrogen) atoms. The normalized spacial score (nSPS) is 14.1. The molecule has 0 saturated heterocycles. The molecule has 1 atom stereocenters. The highest BCUT2D eigenvalue weighted by atomic mass is 16.5. The average Bonchev–Trinajstić information content (AvgIpc) is 2.13. The number of rotatable bonds is 7. The summed E-state index contributed by atoms with van der Waals surface area (Å²) in [4.78, 5) is 3.78. The van der Waals surface area contributed by atoms with E-state index in [2.05, 4.69) is 22.5 Å². The van der Waals surface area contributed by atoms with E-state index in [-0.39, 0.29) is 0 Å². The van der Waals surface area contributed by atoms with Gasteiger partial charge in [0.25, 0.3) is 0 Å². The number of hydrogen-bond acceptors (Lipinski definition) is 3. The molecule has 0 spiro atoms. The van der Waals surface area contributed by atoms with Crippen LogP contribution in [0.4, 0.5) is 0 Å². The molecule has 0 heterocycles. The van der Waals surface area contributed by atoms with Gasteiger partial charge in [-0.25, -0.2) is 0 Å². The minimum atomic E-state index is 0.341. The second-order valence-electron chi connectivity index (χ2n) is 2.65. The topological polar surface area (TPSA) is 45.7 Å². The number of hydrogen-bond donors (Lipinski definition) is 2. The first-order chi connectivity index (χ1) is 6.31. The molecule has 2 N–H and O–H groups in total. The number of methoxy groups -OCH3 is 1. The van der Waals surface area contributed by atoms with Crippen LogP contribution in [0.15, 0.2) is 17.3 Å². The molecule has 0 saturated carbocycles. The predicted molar refractivity (Wildman–Crippen MR) is 56.0 cm³/mol. The first-order valence-corrected chi connectivity index (χ1v) is 4.37. The fourth-order valence-electron chi connectivity index (χ4n) is 0.774. The SMILES string of the molecule is CN=CN/C=C/C(C)NCCOC. The minimum Gasteiger partial charge on any atom is -0.383 e. The maximum atomic E-state index is 4.91. The van der Waals surface area contributed by atoms with Gasteiger partial charge in [0.1, 0.15) is 0 Å². The van der Waals surface area contributed by atoms with Gasteiger partial charge in [-0.3, -0.25) is 4.99 Å². The van der Waals surface area contributed by atoms with Gasteiger partial charge in [-0.1, -0.05) is 6.08 Å². The number of ether oxygens (including phenoxy) is 1. The van der Waals surface area contributed by atoms with Crippen molar-refractivity contribution in [1.82, 2.24) is 10.6 Å². The zero-order valence-corrected chi connectivity index (χ0v) is 8.58. The second kappa shape index (κ2) is 9.22. The molecule has 0 fully saturated rings. The molecule has 0 radical (unpaired) electrons. The third-order valence-corrected chi connectivity index (χ3v) is 1.46. The van der Waals surface area contributed by atoms with Crippen LogP contribution < -0.4 is 10.6 Å². The van der Waals surface area contributed by atoms with Crippen LogP contribution >= 0.6 is 0 Å². The third kappa shape index (κ3) is 9.04. The summed E-state index contributed by atoms with van der Waals surface area (Å²) in [6.07, 6.45) is 5.52. The van der Waals surface area contributed by atoms with Crippen molar-refractivity contribution in [3.63, 3.8) is 0 Å². The zero-order valence-electron chi connectivity index (χ0n) is 8.58. The van der Waals surface area contributed by atoms with Crippen LogP contribution in [0.5, 0.6) is 0 Å². The molecule has 0 aliphatic heterocycles. The Morgan fingerprint density at radius 1 is 1.54 bits per heavy atom. The van der Waals surface area contributed by atoms with Crippen molar-refractivity contribution in [3.05, 3.63) is 12.3 Å². The van der Waals surface area contributed by atoms with Gasteiger partial charge in [-0.2, -0.15) is 0 Å². The van der Waals surface area contributed by atoms with Crippen LogP contribution in [0.25, 0.3) is 0 Å². The summed E-state index contributed by atoms with van der Waals surface area (Å²) in [5.41, 5.74) is 0. The lowest BCUT2D eigenvalue weighted by molar-refractivity contribution is 0.198. The predicted octanol–water partition coefficient (Wildman–Crippen LogP) is 0.372. The first-order valence-electron chi connectivity index (χ1n) is 4.37. The van der Waals surface area contributed by atoms with Crippen LogP contribution in [-0.2, 0) is 4.74 Å². The average molecular weight is 185 g/mol. The molecular formula is C9H19N3O. The van der Waals surface area contributed by atoms with Gasteiger partial charge in [0.2, 0.25) is 0 Å². The van der Waals surface area contributed by atoms with Crippen LogP contribution in [0, 0.1) is 0 Å². The van der Waals surface area contributed by atoms with Crippen molar-refractivity contribution in [2.75, 3.05) is 27.3 Å². The van der Waals surface area contributed by atoms with Crippen molar-refractivity contribution < 1.29 is 4.74 Å². The Kier molecular flexibility index (Phi) is 8.60. The van der Waals surface area contributed by atoms with Crippen molar-refractivity contribution in [2.24, 2.45) is 4.99 Å². The molecule has 0 aromatic heterocycles. The van der Waals surface area contributed by atoms with Crippen LogP contribution in [0.2, 0.25) is 0 Å². The molecule has 0 bridgehead atoms. The lowest BCUT2D eigenvalue weighted by Gasteiger charge is -2.07. The molecular weight excluding hydrogens is 166 g/mol. The Hall–Kier alpha value is -0.870. The Labute approximate surface area is 80.1 Å². The molecule has 0 aliphatic carbocycles. The highest BCUT2D eigenvalue weighted by Crippen LogP contribution is 1.81. The van der Waals surface area contributed by atoms with E-state index in [1.807, 2.05) is 12.3 Å². The molecule has 4 nitrogen and oxygen atoms in total. The molecule has 0 aromatic carbocycles. The number of nitrogens with zero attached hydrogens (tertiary/aromatic N) is 1. The lowest BCUT2D eigenvalue weighted by Crippen LogP contribution is -2.27. The summed E-state index contributed by atoms with van der Waals surface area (Å²) in [6.45, 7) is 3.68. The van der Waals surface area contributed by atoms with E-state index in [0.29, 0.717) is 6.04 Å². The highest BCUT2D eigenvalue weighted by Gasteiger charge is 1.92. The van der Waals surface area contributed by atoms with Crippen molar-refractivity contribution in [3.8, 4) is 0 Å². The van der Waals surface area contributed by atoms with E-state index in [9.17, 15) is 0 Å². The smallest absolute Gasteiger partial charge is 0.0859 e. The van der Waals surface area contributed by atoms with E-state index in [4.69, 9.17) is 4.74 Å². The monoisotopic (exact) mass is 185 g/mol. The van der Waals surface area contributed by atoms with Crippen LogP contribution in [0.1, 0.15) is 6.92 Å². The number of nitrogens with one attached hydrogen (secondary N) is 2. The summed E-state index contributed by atoms with van der Waals surface area (Å²) in [7, 11) is 3.42. The van der Waals surface area contributed by atoms with E-state index in [1.54, 1.807) is 20.5 Å². The quantitative estimate of drug-likeness (QED) is 0.342. The molecule has 1 unspecified atom stereocenters. The summed E-state index contributed by atoms with van der Waals surface area (Å²) < 4.78 is 4.91. The van der Waals surface area contributed by atoms with Crippen molar-refractivity contribution >= 4 is 6.34 Å². The molecule has 0 amide bonds. The van der Waals surface area contributed by atoms with Gasteiger partial charge in [0.15, 0.2) is 0 Å². The fourth-order valence-corrected chi connectivity index (χ4v) is 0.774. The molecule has 0 aliphatic rings. The molecule has 76 valence electrons. The minimum absolute atomic E-state index is 0.341. The maximum Gasteiger partial charge on any atom is 0.0859 e. The largest absolute Gasteiger partial charge is 0.383 e. The van der Waals surface area contributed by atoms with Crippen LogP contribution in [-0.4, -0.2) is 39.7 Å². The molecule has 0 aromatic rings. The van der Waals surface area contributed by atoms with Gasteiger partial charge in [-0.15, -0.1) is 0 Å². The van der Waals surface area contributed by atoms with E-state index in [1.165, 1.54) is 0 Å². The summed E-state index contributed by atoms with van der Waals surface area (Å²) in [5.74, 6) is 0.